The highest BCUT2D eigenvalue weighted by Crippen LogP contribution is 2.31. The summed E-state index contributed by atoms with van der Waals surface area (Å²) in [7, 11) is 1.32. The molecule has 1 N–H and O–H groups in total. The van der Waals surface area contributed by atoms with E-state index in [1.807, 2.05) is 0 Å². The zero-order chi connectivity index (χ0) is 13.1. The van der Waals surface area contributed by atoms with Gasteiger partial charge in [0.15, 0.2) is 0 Å². The molecule has 1 aliphatic carbocycles. The summed E-state index contributed by atoms with van der Waals surface area (Å²) in [6, 6.07) is 2.96. The Labute approximate surface area is 107 Å². The second-order valence-corrected chi connectivity index (χ2v) is 4.63. The molecule has 0 heterocycles. The van der Waals surface area contributed by atoms with E-state index in [9.17, 15) is 9.90 Å². The molecule has 1 fully saturated rings. The van der Waals surface area contributed by atoms with Crippen LogP contribution in [0.2, 0.25) is 0 Å². The maximum Gasteiger partial charge on any atom is 0.338 e. The van der Waals surface area contributed by atoms with Gasteiger partial charge in [-0.25, -0.2) is 4.79 Å². The van der Waals surface area contributed by atoms with Crippen LogP contribution in [0.4, 0.5) is 0 Å². The summed E-state index contributed by atoms with van der Waals surface area (Å²) in [4.78, 5) is 11.6. The molecule has 0 radical (unpaired) electrons. The van der Waals surface area contributed by atoms with Crippen molar-refractivity contribution in [3.63, 3.8) is 0 Å². The van der Waals surface area contributed by atoms with Crippen molar-refractivity contribution in [1.82, 2.24) is 0 Å². The Morgan fingerprint density at radius 3 is 2.61 bits per heavy atom. The Hall–Kier alpha value is -1.71. The van der Waals surface area contributed by atoms with Crippen molar-refractivity contribution < 1.29 is 19.4 Å². The quantitative estimate of drug-likeness (QED) is 0.838. The Kier molecular flexibility index (Phi) is 3.75. The molecule has 0 amide bonds. The predicted molar refractivity (Wildman–Crippen MR) is 67.1 cm³/mol. The number of carbonyl (C=O) groups is 1. The van der Waals surface area contributed by atoms with Gasteiger partial charge in [-0.3, -0.25) is 0 Å². The van der Waals surface area contributed by atoms with E-state index in [1.54, 1.807) is 13.0 Å². The second kappa shape index (κ2) is 5.29. The van der Waals surface area contributed by atoms with Gasteiger partial charge in [-0.15, -0.1) is 0 Å². The van der Waals surface area contributed by atoms with Crippen molar-refractivity contribution in [2.24, 2.45) is 0 Å². The first kappa shape index (κ1) is 12.7. The number of hydrogen-bond acceptors (Lipinski definition) is 4. The lowest BCUT2D eigenvalue weighted by atomic mass is 10.1. The minimum absolute atomic E-state index is 0.0222. The molecule has 0 unspecified atom stereocenters. The van der Waals surface area contributed by atoms with Crippen LogP contribution in [0.1, 0.15) is 41.6 Å². The predicted octanol–water partition coefficient (Wildman–Crippen LogP) is 2.81. The van der Waals surface area contributed by atoms with Gasteiger partial charge in [0.1, 0.15) is 11.5 Å². The summed E-state index contributed by atoms with van der Waals surface area (Å²) < 4.78 is 10.5. The second-order valence-electron chi connectivity index (χ2n) is 4.63. The number of aromatic hydroxyl groups is 1. The Bertz CT molecular complexity index is 447. The molecule has 2 rings (SSSR count). The monoisotopic (exact) mass is 250 g/mol. The van der Waals surface area contributed by atoms with Crippen LogP contribution in [0.5, 0.6) is 11.5 Å². The molecule has 0 saturated heterocycles. The molecule has 1 aromatic carbocycles. The minimum Gasteiger partial charge on any atom is -0.508 e. The average molecular weight is 250 g/mol. The van der Waals surface area contributed by atoms with E-state index in [4.69, 9.17) is 9.47 Å². The van der Waals surface area contributed by atoms with Gasteiger partial charge < -0.3 is 14.6 Å². The van der Waals surface area contributed by atoms with Gasteiger partial charge in [0, 0.05) is 11.6 Å². The van der Waals surface area contributed by atoms with Crippen LogP contribution in [0.25, 0.3) is 0 Å². The first-order chi connectivity index (χ1) is 8.61. The first-order valence-electron chi connectivity index (χ1n) is 6.20. The van der Waals surface area contributed by atoms with Gasteiger partial charge in [0.05, 0.1) is 18.8 Å². The number of hydrogen-bond donors (Lipinski definition) is 1. The molecule has 0 bridgehead atoms. The highest BCUT2D eigenvalue weighted by Gasteiger charge is 2.20. The first-order valence-corrected chi connectivity index (χ1v) is 6.20. The number of esters is 1. The van der Waals surface area contributed by atoms with Crippen molar-refractivity contribution in [3.8, 4) is 11.5 Å². The molecule has 4 heteroatoms. The van der Waals surface area contributed by atoms with Gasteiger partial charge in [-0.1, -0.05) is 0 Å². The van der Waals surface area contributed by atoms with Crippen LogP contribution in [-0.4, -0.2) is 24.3 Å². The van der Waals surface area contributed by atoms with Gasteiger partial charge in [0.2, 0.25) is 0 Å². The number of methoxy groups -OCH3 is 1. The van der Waals surface area contributed by atoms with Gasteiger partial charge >= 0.3 is 5.97 Å². The van der Waals surface area contributed by atoms with Crippen LogP contribution < -0.4 is 4.74 Å². The van der Waals surface area contributed by atoms with E-state index in [0.717, 1.165) is 12.8 Å². The van der Waals surface area contributed by atoms with E-state index in [0.29, 0.717) is 16.9 Å². The molecule has 98 valence electrons. The van der Waals surface area contributed by atoms with E-state index in [-0.39, 0.29) is 11.9 Å². The number of phenols is 1. The summed E-state index contributed by atoms with van der Waals surface area (Å²) in [5, 5.41) is 9.65. The number of rotatable bonds is 3. The third kappa shape index (κ3) is 2.58. The fourth-order valence-corrected chi connectivity index (χ4v) is 2.30. The average Bonchev–Trinajstić information content (AvgIpc) is 2.85. The van der Waals surface area contributed by atoms with Crippen molar-refractivity contribution >= 4 is 5.97 Å². The molecule has 18 heavy (non-hydrogen) atoms. The van der Waals surface area contributed by atoms with Crippen LogP contribution in [0.15, 0.2) is 12.1 Å². The van der Waals surface area contributed by atoms with Crippen molar-refractivity contribution in [2.75, 3.05) is 7.11 Å². The van der Waals surface area contributed by atoms with Crippen molar-refractivity contribution in [3.05, 3.63) is 23.3 Å². The summed E-state index contributed by atoms with van der Waals surface area (Å²) in [5.74, 6) is 0.135. The lowest BCUT2D eigenvalue weighted by molar-refractivity contribution is 0.0598. The van der Waals surface area contributed by atoms with Crippen LogP contribution >= 0.6 is 0 Å². The standard InChI is InChI=1S/C14H18O4/c1-9-12(14(16)17-2)7-10(15)8-13(9)18-11-5-3-4-6-11/h7-8,11,15H,3-6H2,1-2H3. The van der Waals surface area contributed by atoms with E-state index < -0.39 is 5.97 Å². The fraction of sp³-hybridized carbons (Fsp3) is 0.500. The molecule has 0 spiro atoms. The molecule has 1 aromatic rings. The van der Waals surface area contributed by atoms with Crippen molar-refractivity contribution in [2.45, 2.75) is 38.7 Å². The van der Waals surface area contributed by atoms with E-state index in [2.05, 4.69) is 0 Å². The Morgan fingerprint density at radius 2 is 2.00 bits per heavy atom. The molecular formula is C14H18O4. The summed E-state index contributed by atoms with van der Waals surface area (Å²) >= 11 is 0. The topological polar surface area (TPSA) is 55.8 Å². The SMILES string of the molecule is COC(=O)c1cc(O)cc(OC2CCCC2)c1C. The number of benzene rings is 1. The third-order valence-electron chi connectivity index (χ3n) is 3.35. The third-order valence-corrected chi connectivity index (χ3v) is 3.35. The smallest absolute Gasteiger partial charge is 0.338 e. The maximum absolute atomic E-state index is 11.6. The van der Waals surface area contributed by atoms with E-state index in [1.165, 1.54) is 26.0 Å². The van der Waals surface area contributed by atoms with Crippen LogP contribution in [-0.2, 0) is 4.74 Å². The number of ether oxygens (including phenoxy) is 2. The summed E-state index contributed by atoms with van der Waals surface area (Å²) in [5.41, 5.74) is 1.07. The van der Waals surface area contributed by atoms with E-state index >= 15 is 0 Å². The Balaban J connectivity index is 2.28. The molecule has 1 saturated carbocycles. The van der Waals surface area contributed by atoms with Crippen molar-refractivity contribution in [1.29, 1.82) is 0 Å². The zero-order valence-electron chi connectivity index (χ0n) is 10.7. The number of phenolic OH excluding ortho intramolecular Hbond substituents is 1. The molecule has 1 aliphatic rings. The lowest BCUT2D eigenvalue weighted by Crippen LogP contribution is -2.13. The molecule has 4 nitrogen and oxygen atoms in total. The molecule has 0 aromatic heterocycles. The minimum atomic E-state index is -0.459. The lowest BCUT2D eigenvalue weighted by Gasteiger charge is -2.17. The summed E-state index contributed by atoms with van der Waals surface area (Å²) in [6.07, 6.45) is 4.60. The molecular weight excluding hydrogens is 232 g/mol. The fourth-order valence-electron chi connectivity index (χ4n) is 2.30. The van der Waals surface area contributed by atoms with Crippen LogP contribution in [0, 0.1) is 6.92 Å². The summed E-state index contributed by atoms with van der Waals surface area (Å²) in [6.45, 7) is 1.80. The van der Waals surface area contributed by atoms with Crippen LogP contribution in [0.3, 0.4) is 0 Å². The van der Waals surface area contributed by atoms with Gasteiger partial charge in [0.25, 0.3) is 0 Å². The van der Waals surface area contributed by atoms with Gasteiger partial charge in [-0.05, 0) is 38.7 Å². The molecule has 0 aliphatic heterocycles. The van der Waals surface area contributed by atoms with Gasteiger partial charge in [-0.2, -0.15) is 0 Å². The highest BCUT2D eigenvalue weighted by molar-refractivity contribution is 5.92. The number of carbonyl (C=O) groups excluding carboxylic acids is 1. The maximum atomic E-state index is 11.6. The normalized spacial score (nSPS) is 15.7. The zero-order valence-corrected chi connectivity index (χ0v) is 10.7. The molecule has 0 atom stereocenters. The largest absolute Gasteiger partial charge is 0.508 e. The Morgan fingerprint density at radius 1 is 1.33 bits per heavy atom. The highest BCUT2D eigenvalue weighted by atomic mass is 16.5.